The summed E-state index contributed by atoms with van der Waals surface area (Å²) >= 11 is 1.31. The number of pyridine rings is 1. The number of hydrogen-bond donors (Lipinski definition) is 0. The highest BCUT2D eigenvalue weighted by Crippen LogP contribution is 2.35. The van der Waals surface area contributed by atoms with Crippen LogP contribution in [-0.4, -0.2) is 4.98 Å². The minimum Gasteiger partial charge on any atom is -0.240 e. The molecule has 3 aromatic carbocycles. The number of benzene rings is 3. The van der Waals surface area contributed by atoms with Crippen molar-refractivity contribution in [3.05, 3.63) is 108 Å². The molecule has 0 atom stereocenters. The molecule has 0 aliphatic rings. The molecule has 0 aliphatic carbocycles. The van der Waals surface area contributed by atoms with E-state index in [1.54, 1.807) is 30.3 Å². The predicted molar refractivity (Wildman–Crippen MR) is 116 cm³/mol. The highest BCUT2D eigenvalue weighted by atomic mass is 32.2. The van der Waals surface area contributed by atoms with E-state index < -0.39 is 0 Å². The Kier molecular flexibility index (Phi) is 5.87. The van der Waals surface area contributed by atoms with E-state index in [4.69, 9.17) is 0 Å². The monoisotopic (exact) mass is 414 g/mol. The SMILES string of the molecule is N#Cc1c(-c2ccccc2)cc(-c2ccc(F)cc2)nc1SCc1ccccc1F. The van der Waals surface area contributed by atoms with Crippen molar-refractivity contribution < 1.29 is 8.78 Å². The van der Waals surface area contributed by atoms with Crippen LogP contribution in [0.4, 0.5) is 8.78 Å². The molecule has 1 heterocycles. The molecule has 1 aromatic heterocycles. The summed E-state index contributed by atoms with van der Waals surface area (Å²) in [5, 5.41) is 10.4. The predicted octanol–water partition coefficient (Wildman–Crippen LogP) is 6.86. The van der Waals surface area contributed by atoms with E-state index in [9.17, 15) is 14.0 Å². The summed E-state index contributed by atoms with van der Waals surface area (Å²) in [6, 6.07) is 26.3. The summed E-state index contributed by atoms with van der Waals surface area (Å²) in [7, 11) is 0. The fraction of sp³-hybridized carbons (Fsp3) is 0.0400. The molecular formula is C25H16F2N2S. The minimum absolute atomic E-state index is 0.290. The van der Waals surface area contributed by atoms with Gasteiger partial charge in [0.25, 0.3) is 0 Å². The van der Waals surface area contributed by atoms with E-state index in [0.717, 1.165) is 16.7 Å². The molecule has 0 aliphatic heterocycles. The number of nitriles is 1. The molecule has 30 heavy (non-hydrogen) atoms. The maximum Gasteiger partial charge on any atom is 0.127 e. The van der Waals surface area contributed by atoms with Crippen LogP contribution >= 0.6 is 11.8 Å². The summed E-state index contributed by atoms with van der Waals surface area (Å²) in [5.41, 5.74) is 3.97. The fourth-order valence-electron chi connectivity index (χ4n) is 3.11. The first-order valence-corrected chi connectivity index (χ1v) is 10.3. The van der Waals surface area contributed by atoms with Gasteiger partial charge in [-0.3, -0.25) is 0 Å². The Morgan fingerprint density at radius 1 is 0.833 bits per heavy atom. The molecular weight excluding hydrogens is 398 g/mol. The van der Waals surface area contributed by atoms with Gasteiger partial charge in [-0.1, -0.05) is 48.5 Å². The van der Waals surface area contributed by atoms with E-state index in [1.165, 1.54) is 30.0 Å². The Morgan fingerprint density at radius 2 is 1.53 bits per heavy atom. The van der Waals surface area contributed by atoms with Crippen LogP contribution in [0.25, 0.3) is 22.4 Å². The summed E-state index contributed by atoms with van der Waals surface area (Å²) in [6.45, 7) is 0. The van der Waals surface area contributed by atoms with Crippen LogP contribution in [0.15, 0.2) is 90.0 Å². The van der Waals surface area contributed by atoms with Gasteiger partial charge in [-0.2, -0.15) is 5.26 Å². The molecule has 4 rings (SSSR count). The number of hydrogen-bond acceptors (Lipinski definition) is 3. The lowest BCUT2D eigenvalue weighted by Crippen LogP contribution is -1.97. The van der Waals surface area contributed by atoms with E-state index >= 15 is 0 Å². The van der Waals surface area contributed by atoms with Crippen molar-refractivity contribution in [1.29, 1.82) is 5.26 Å². The molecule has 5 heteroatoms. The van der Waals surface area contributed by atoms with Gasteiger partial charge in [0.2, 0.25) is 0 Å². The normalized spacial score (nSPS) is 10.6. The molecule has 0 unspecified atom stereocenters. The second-order valence-electron chi connectivity index (χ2n) is 6.60. The summed E-state index contributed by atoms with van der Waals surface area (Å²) in [6.07, 6.45) is 0. The van der Waals surface area contributed by atoms with Crippen LogP contribution in [0, 0.1) is 23.0 Å². The lowest BCUT2D eigenvalue weighted by Gasteiger charge is -2.13. The van der Waals surface area contributed by atoms with E-state index in [-0.39, 0.29) is 11.6 Å². The molecule has 0 amide bonds. The van der Waals surface area contributed by atoms with Crippen molar-refractivity contribution in [3.63, 3.8) is 0 Å². The van der Waals surface area contributed by atoms with Crippen LogP contribution in [-0.2, 0) is 5.75 Å². The molecule has 0 saturated heterocycles. The summed E-state index contributed by atoms with van der Waals surface area (Å²) < 4.78 is 27.5. The van der Waals surface area contributed by atoms with Gasteiger partial charge in [-0.25, -0.2) is 13.8 Å². The first-order valence-electron chi connectivity index (χ1n) is 9.28. The smallest absolute Gasteiger partial charge is 0.127 e. The standard InChI is InChI=1S/C25H16F2N2S/c26-20-12-10-18(11-13-20)24-14-21(17-6-2-1-3-7-17)22(15-28)25(29-24)30-16-19-8-4-5-9-23(19)27/h1-14H,16H2. The average Bonchev–Trinajstić information content (AvgIpc) is 2.79. The van der Waals surface area contributed by atoms with Gasteiger partial charge in [0.1, 0.15) is 22.7 Å². The highest BCUT2D eigenvalue weighted by molar-refractivity contribution is 7.98. The Labute approximate surface area is 177 Å². The number of rotatable bonds is 5. The zero-order chi connectivity index (χ0) is 20.9. The lowest BCUT2D eigenvalue weighted by molar-refractivity contribution is 0.617. The van der Waals surface area contributed by atoms with E-state index in [1.807, 2.05) is 36.4 Å². The van der Waals surface area contributed by atoms with Gasteiger partial charge in [-0.05, 0) is 47.5 Å². The topological polar surface area (TPSA) is 36.7 Å². The van der Waals surface area contributed by atoms with Crippen LogP contribution < -0.4 is 0 Å². The average molecular weight is 414 g/mol. The summed E-state index contributed by atoms with van der Waals surface area (Å²) in [5.74, 6) is -0.276. The van der Waals surface area contributed by atoms with E-state index in [0.29, 0.717) is 27.6 Å². The number of halogens is 2. The molecule has 0 spiro atoms. The van der Waals surface area contributed by atoms with Gasteiger partial charge in [-0.15, -0.1) is 11.8 Å². The van der Waals surface area contributed by atoms with Crippen molar-refractivity contribution in [2.75, 3.05) is 0 Å². The van der Waals surface area contributed by atoms with Crippen molar-refractivity contribution >= 4 is 11.8 Å². The Bertz CT molecular complexity index is 1220. The molecule has 0 N–H and O–H groups in total. The molecule has 0 fully saturated rings. The number of aromatic nitrogens is 1. The molecule has 4 aromatic rings. The first-order chi connectivity index (χ1) is 14.7. The summed E-state index contributed by atoms with van der Waals surface area (Å²) in [4.78, 5) is 4.67. The first kappa shape index (κ1) is 19.8. The van der Waals surface area contributed by atoms with Gasteiger partial charge in [0.15, 0.2) is 0 Å². The second-order valence-corrected chi connectivity index (χ2v) is 7.56. The number of thioether (sulfide) groups is 1. The van der Waals surface area contributed by atoms with Crippen molar-refractivity contribution in [1.82, 2.24) is 4.98 Å². The Hall–Kier alpha value is -3.49. The van der Waals surface area contributed by atoms with Crippen LogP contribution in [0.5, 0.6) is 0 Å². The largest absolute Gasteiger partial charge is 0.240 e. The van der Waals surface area contributed by atoms with E-state index in [2.05, 4.69) is 11.1 Å². The lowest BCUT2D eigenvalue weighted by atomic mass is 9.99. The highest BCUT2D eigenvalue weighted by Gasteiger charge is 2.16. The van der Waals surface area contributed by atoms with Crippen LogP contribution in [0.2, 0.25) is 0 Å². The van der Waals surface area contributed by atoms with Gasteiger partial charge >= 0.3 is 0 Å². The third kappa shape index (κ3) is 4.24. The maximum absolute atomic E-state index is 14.1. The molecule has 0 saturated carbocycles. The molecule has 0 radical (unpaired) electrons. The minimum atomic E-state index is -0.329. The van der Waals surface area contributed by atoms with Crippen molar-refractivity contribution in [3.8, 4) is 28.5 Å². The van der Waals surface area contributed by atoms with Crippen molar-refractivity contribution in [2.45, 2.75) is 10.8 Å². The third-order valence-corrected chi connectivity index (χ3v) is 5.67. The van der Waals surface area contributed by atoms with Gasteiger partial charge in [0, 0.05) is 16.9 Å². The third-order valence-electron chi connectivity index (χ3n) is 4.65. The zero-order valence-corrected chi connectivity index (χ0v) is 16.7. The van der Waals surface area contributed by atoms with Crippen molar-refractivity contribution in [2.24, 2.45) is 0 Å². The fourth-order valence-corrected chi connectivity index (χ4v) is 4.10. The quantitative estimate of drug-likeness (QED) is 0.335. The van der Waals surface area contributed by atoms with Crippen LogP contribution in [0.1, 0.15) is 11.1 Å². The van der Waals surface area contributed by atoms with Gasteiger partial charge in [0.05, 0.1) is 11.3 Å². The molecule has 0 bridgehead atoms. The Balaban J connectivity index is 1.82. The van der Waals surface area contributed by atoms with Gasteiger partial charge < -0.3 is 0 Å². The molecule has 2 nitrogen and oxygen atoms in total. The number of nitrogens with zero attached hydrogens (tertiary/aromatic N) is 2. The molecule has 146 valence electrons. The Morgan fingerprint density at radius 3 is 2.23 bits per heavy atom. The zero-order valence-electron chi connectivity index (χ0n) is 15.8. The maximum atomic E-state index is 14.1. The second kappa shape index (κ2) is 8.89. The van der Waals surface area contributed by atoms with Crippen LogP contribution in [0.3, 0.4) is 0 Å².